The molecule has 0 aliphatic rings. The molecule has 0 bridgehead atoms. The Morgan fingerprint density at radius 3 is 2.61 bits per heavy atom. The highest BCUT2D eigenvalue weighted by Gasteiger charge is 2.32. The number of para-hydroxylation sites is 2. The van der Waals surface area contributed by atoms with Crippen molar-refractivity contribution >= 4 is 23.2 Å². The number of rotatable bonds is 4. The SMILES string of the molecule is CC(CCl)C(=O)Nc1ccccc1OC(F)(F)F. The number of amides is 1. The summed E-state index contributed by atoms with van der Waals surface area (Å²) in [7, 11) is 0. The largest absolute Gasteiger partial charge is 0.573 e. The van der Waals surface area contributed by atoms with Crippen LogP contribution in [-0.2, 0) is 4.79 Å². The monoisotopic (exact) mass is 281 g/mol. The maximum atomic E-state index is 12.1. The van der Waals surface area contributed by atoms with Gasteiger partial charge in [-0.05, 0) is 12.1 Å². The van der Waals surface area contributed by atoms with Crippen molar-refractivity contribution in [3.63, 3.8) is 0 Å². The lowest BCUT2D eigenvalue weighted by Gasteiger charge is -2.15. The minimum absolute atomic E-state index is 0.0446. The molecule has 0 heterocycles. The van der Waals surface area contributed by atoms with Crippen LogP contribution in [-0.4, -0.2) is 18.1 Å². The summed E-state index contributed by atoms with van der Waals surface area (Å²) in [6.45, 7) is 1.57. The lowest BCUT2D eigenvalue weighted by Crippen LogP contribution is -2.23. The topological polar surface area (TPSA) is 38.3 Å². The van der Waals surface area contributed by atoms with E-state index in [4.69, 9.17) is 11.6 Å². The second-order valence-corrected chi connectivity index (χ2v) is 3.90. The summed E-state index contributed by atoms with van der Waals surface area (Å²) in [5.74, 6) is -1.36. The third-order valence-electron chi connectivity index (χ3n) is 2.05. The number of halogens is 4. The highest BCUT2D eigenvalue weighted by atomic mass is 35.5. The van der Waals surface area contributed by atoms with Gasteiger partial charge in [0.1, 0.15) is 0 Å². The minimum atomic E-state index is -4.81. The van der Waals surface area contributed by atoms with Crippen molar-refractivity contribution in [1.82, 2.24) is 0 Å². The van der Waals surface area contributed by atoms with Crippen LogP contribution in [0.1, 0.15) is 6.92 Å². The Hall–Kier alpha value is -1.43. The molecular weight excluding hydrogens is 271 g/mol. The molecule has 3 nitrogen and oxygen atoms in total. The Morgan fingerprint density at radius 2 is 2.06 bits per heavy atom. The molecule has 7 heteroatoms. The number of hydrogen-bond donors (Lipinski definition) is 1. The van der Waals surface area contributed by atoms with Crippen LogP contribution in [0.25, 0.3) is 0 Å². The molecule has 0 radical (unpaired) electrons. The first-order valence-corrected chi connectivity index (χ1v) is 5.58. The molecule has 0 aliphatic carbocycles. The number of carbonyl (C=O) groups is 1. The van der Waals surface area contributed by atoms with Crippen LogP contribution in [0, 0.1) is 5.92 Å². The van der Waals surface area contributed by atoms with Crippen molar-refractivity contribution in [3.8, 4) is 5.75 Å². The Kier molecular flexibility index (Phi) is 4.84. The summed E-state index contributed by atoms with van der Waals surface area (Å²) in [6, 6.07) is 5.31. The number of carbonyl (C=O) groups excluding carboxylic acids is 1. The van der Waals surface area contributed by atoms with Crippen LogP contribution in [0.3, 0.4) is 0 Å². The number of nitrogens with one attached hydrogen (secondary N) is 1. The van der Waals surface area contributed by atoms with Crippen molar-refractivity contribution in [3.05, 3.63) is 24.3 Å². The zero-order valence-electron chi connectivity index (χ0n) is 9.42. The molecule has 1 N–H and O–H groups in total. The molecule has 1 aromatic carbocycles. The van der Waals surface area contributed by atoms with Crippen molar-refractivity contribution in [2.45, 2.75) is 13.3 Å². The lowest BCUT2D eigenvalue weighted by atomic mass is 10.2. The van der Waals surface area contributed by atoms with Crippen LogP contribution in [0.4, 0.5) is 18.9 Å². The zero-order chi connectivity index (χ0) is 13.8. The number of ether oxygens (including phenoxy) is 1. The molecule has 100 valence electrons. The highest BCUT2D eigenvalue weighted by Crippen LogP contribution is 2.30. The molecule has 0 spiro atoms. The van der Waals surface area contributed by atoms with Gasteiger partial charge in [-0.1, -0.05) is 19.1 Å². The Labute approximate surface area is 107 Å². The van der Waals surface area contributed by atoms with Gasteiger partial charge in [0.15, 0.2) is 5.75 Å². The molecular formula is C11H11ClF3NO2. The van der Waals surface area contributed by atoms with E-state index in [0.717, 1.165) is 6.07 Å². The van der Waals surface area contributed by atoms with E-state index in [9.17, 15) is 18.0 Å². The summed E-state index contributed by atoms with van der Waals surface area (Å²) in [4.78, 5) is 11.5. The van der Waals surface area contributed by atoms with Crippen molar-refractivity contribution in [2.75, 3.05) is 11.2 Å². The molecule has 1 rings (SSSR count). The van der Waals surface area contributed by atoms with Crippen LogP contribution in [0.15, 0.2) is 24.3 Å². The average Bonchev–Trinajstić information content (AvgIpc) is 2.28. The van der Waals surface area contributed by atoms with Crippen LogP contribution in [0.5, 0.6) is 5.75 Å². The molecule has 0 aromatic heterocycles. The normalized spacial score (nSPS) is 12.9. The van der Waals surface area contributed by atoms with Gasteiger partial charge in [-0.3, -0.25) is 4.79 Å². The number of benzene rings is 1. The van der Waals surface area contributed by atoms with E-state index < -0.39 is 23.9 Å². The number of alkyl halides is 4. The fraction of sp³-hybridized carbons (Fsp3) is 0.364. The van der Waals surface area contributed by atoms with Gasteiger partial charge in [0.05, 0.1) is 5.69 Å². The van der Waals surface area contributed by atoms with Gasteiger partial charge in [-0.25, -0.2) is 0 Å². The standard InChI is InChI=1S/C11H11ClF3NO2/c1-7(6-12)10(17)16-8-4-2-3-5-9(8)18-11(13,14)15/h2-5,7H,6H2,1H3,(H,16,17). The zero-order valence-corrected chi connectivity index (χ0v) is 10.2. The van der Waals surface area contributed by atoms with Crippen molar-refractivity contribution in [1.29, 1.82) is 0 Å². The van der Waals surface area contributed by atoms with Crippen LogP contribution < -0.4 is 10.1 Å². The quantitative estimate of drug-likeness (QED) is 0.859. The molecule has 0 saturated carbocycles. The average molecular weight is 282 g/mol. The van der Waals surface area contributed by atoms with Crippen LogP contribution in [0.2, 0.25) is 0 Å². The van der Waals surface area contributed by atoms with Gasteiger partial charge in [-0.15, -0.1) is 24.8 Å². The fourth-order valence-electron chi connectivity index (χ4n) is 1.11. The Morgan fingerprint density at radius 1 is 1.44 bits per heavy atom. The highest BCUT2D eigenvalue weighted by molar-refractivity contribution is 6.19. The summed E-state index contributed by atoms with van der Waals surface area (Å²) in [5.41, 5.74) is -0.0446. The van der Waals surface area contributed by atoms with Crippen molar-refractivity contribution in [2.24, 2.45) is 5.92 Å². The van der Waals surface area contributed by atoms with Gasteiger partial charge in [0, 0.05) is 11.8 Å². The van der Waals surface area contributed by atoms with Gasteiger partial charge < -0.3 is 10.1 Å². The van der Waals surface area contributed by atoms with E-state index in [2.05, 4.69) is 10.1 Å². The molecule has 1 aromatic rings. The lowest BCUT2D eigenvalue weighted by molar-refractivity contribution is -0.274. The van der Waals surface area contributed by atoms with Gasteiger partial charge in [-0.2, -0.15) is 0 Å². The maximum absolute atomic E-state index is 12.1. The fourth-order valence-corrected chi connectivity index (χ4v) is 1.25. The molecule has 1 amide bonds. The van der Waals surface area contributed by atoms with E-state index in [0.29, 0.717) is 0 Å². The van der Waals surface area contributed by atoms with Crippen molar-refractivity contribution < 1.29 is 22.7 Å². The number of anilines is 1. The predicted molar refractivity (Wildman–Crippen MR) is 61.6 cm³/mol. The Bertz CT molecular complexity index is 423. The summed E-state index contributed by atoms with van der Waals surface area (Å²) in [6.07, 6.45) is -4.81. The molecule has 0 aliphatic heterocycles. The molecule has 18 heavy (non-hydrogen) atoms. The van der Waals surface area contributed by atoms with E-state index in [1.165, 1.54) is 18.2 Å². The van der Waals surface area contributed by atoms with E-state index in [1.807, 2.05) is 0 Å². The third-order valence-corrected chi connectivity index (χ3v) is 2.51. The summed E-state index contributed by atoms with van der Waals surface area (Å²) >= 11 is 5.49. The first kappa shape index (κ1) is 14.6. The summed E-state index contributed by atoms with van der Waals surface area (Å²) in [5, 5.41) is 2.34. The van der Waals surface area contributed by atoms with E-state index >= 15 is 0 Å². The van der Waals surface area contributed by atoms with Crippen LogP contribution >= 0.6 is 11.6 Å². The number of hydrogen-bond acceptors (Lipinski definition) is 2. The van der Waals surface area contributed by atoms with Gasteiger partial charge in [0.2, 0.25) is 5.91 Å². The van der Waals surface area contributed by atoms with E-state index in [-0.39, 0.29) is 11.6 Å². The molecule has 1 unspecified atom stereocenters. The van der Waals surface area contributed by atoms with Gasteiger partial charge >= 0.3 is 6.36 Å². The maximum Gasteiger partial charge on any atom is 0.573 e. The first-order chi connectivity index (χ1) is 8.33. The Balaban J connectivity index is 2.86. The second-order valence-electron chi connectivity index (χ2n) is 3.59. The molecule has 1 atom stereocenters. The first-order valence-electron chi connectivity index (χ1n) is 5.05. The smallest absolute Gasteiger partial charge is 0.404 e. The predicted octanol–water partition coefficient (Wildman–Crippen LogP) is 3.40. The van der Waals surface area contributed by atoms with Gasteiger partial charge in [0.25, 0.3) is 0 Å². The molecule has 0 fully saturated rings. The molecule has 0 saturated heterocycles. The third kappa shape index (κ3) is 4.44. The second kappa shape index (κ2) is 5.95. The van der Waals surface area contributed by atoms with E-state index in [1.54, 1.807) is 6.92 Å². The summed E-state index contributed by atoms with van der Waals surface area (Å²) < 4.78 is 40.2. The minimum Gasteiger partial charge on any atom is -0.404 e.